The maximum absolute atomic E-state index is 14.8. The van der Waals surface area contributed by atoms with Crippen LogP contribution in [0.1, 0.15) is 72.1 Å². The zero-order chi connectivity index (χ0) is 45.2. The number of β-lactam (4-membered cyclic amide) rings is 1. The average Bonchev–Trinajstić information content (AvgIpc) is 3.16. The number of hydrogen-bond donors (Lipinski definition) is 0. The first-order valence-electron chi connectivity index (χ1n) is 18.6. The van der Waals surface area contributed by atoms with Gasteiger partial charge < -0.3 is 13.9 Å². The summed E-state index contributed by atoms with van der Waals surface area (Å²) in [4.78, 5) is 53.6. The molecule has 0 spiro atoms. The van der Waals surface area contributed by atoms with Crippen LogP contribution in [0.4, 0.5) is 27.6 Å². The lowest BCUT2D eigenvalue weighted by molar-refractivity contribution is -0.384. The van der Waals surface area contributed by atoms with Crippen LogP contribution in [0.15, 0.2) is 59.3 Å². The molecule has 0 bridgehead atoms. The summed E-state index contributed by atoms with van der Waals surface area (Å²) < 4.78 is 90.5. The molecule has 0 saturated carbocycles. The van der Waals surface area contributed by atoms with Crippen LogP contribution in [-0.4, -0.2) is 57.2 Å². The standard InChI is InChI=1S/C41H45F5N2O8S3Si/c1-11-58-36-26(21(2)56-60(9,10)41(6,7)8)35(49)47(36)33(37(50)54-20-22-15-17-24(18-16-22)48(52)53)38(59-39(51)40(3,4)5)55-25-14-12-13-23(19-25)34(57)27-28(42)30(44)32(46)31(45)29(27)43/h12-19,21,26,36H,11,20H2,1-10H3/t21-,26+,36-/m1/s1. The van der Waals surface area contributed by atoms with E-state index in [1.54, 1.807) is 27.7 Å². The van der Waals surface area contributed by atoms with Crippen LogP contribution in [0, 0.1) is 50.5 Å². The molecule has 0 aromatic heterocycles. The van der Waals surface area contributed by atoms with E-state index < -0.39 is 110 Å². The van der Waals surface area contributed by atoms with E-state index in [0.717, 1.165) is 6.07 Å². The second-order valence-electron chi connectivity index (χ2n) is 16.3. The lowest BCUT2D eigenvalue weighted by atomic mass is 9.92. The Morgan fingerprint density at radius 2 is 1.52 bits per heavy atom. The first-order valence-corrected chi connectivity index (χ1v) is 23.7. The maximum atomic E-state index is 14.8. The number of carbonyl (C=O) groups excluding carboxylic acids is 3. The van der Waals surface area contributed by atoms with Gasteiger partial charge in [-0.15, -0.1) is 11.8 Å². The van der Waals surface area contributed by atoms with E-state index in [2.05, 4.69) is 20.8 Å². The minimum atomic E-state index is -2.42. The highest BCUT2D eigenvalue weighted by Crippen LogP contribution is 2.46. The molecular weight excluding hydrogens is 868 g/mol. The number of halogens is 5. The van der Waals surface area contributed by atoms with Gasteiger partial charge in [-0.3, -0.25) is 24.6 Å². The van der Waals surface area contributed by atoms with Crippen LogP contribution in [0.2, 0.25) is 18.1 Å². The van der Waals surface area contributed by atoms with Gasteiger partial charge in [-0.2, -0.15) is 0 Å². The quantitative estimate of drug-likeness (QED) is 0.0118. The van der Waals surface area contributed by atoms with Gasteiger partial charge in [0, 0.05) is 17.5 Å². The third kappa shape index (κ3) is 10.5. The van der Waals surface area contributed by atoms with Crippen LogP contribution < -0.4 is 4.74 Å². The number of benzene rings is 3. The smallest absolute Gasteiger partial charge is 0.359 e. The summed E-state index contributed by atoms with van der Waals surface area (Å²) in [6.45, 7) is 18.3. The monoisotopic (exact) mass is 912 g/mol. The highest BCUT2D eigenvalue weighted by Gasteiger charge is 2.56. The molecular formula is C41H45F5N2O8S3Si. The Hall–Kier alpha value is -4.17. The minimum Gasteiger partial charge on any atom is -0.456 e. The molecule has 0 unspecified atom stereocenters. The largest absolute Gasteiger partial charge is 0.456 e. The van der Waals surface area contributed by atoms with Crippen molar-refractivity contribution in [1.29, 1.82) is 0 Å². The SMILES string of the molecule is CCS[C@@H]1[C@@H]([C@@H](C)O[Si](C)(C)C(C)(C)C)C(=O)N1C(C(=O)OCc1ccc([N+](=O)[O-])cc1)=C(Oc1cccc(C(=S)c2c(F)c(F)c(F)c(F)c2F)c1)SC(=O)C(C)(C)C. The fraction of sp³-hybridized carbons (Fsp3) is 0.415. The molecule has 60 heavy (non-hydrogen) atoms. The average molecular weight is 913 g/mol. The molecule has 1 fully saturated rings. The zero-order valence-electron chi connectivity index (χ0n) is 34.5. The van der Waals surface area contributed by atoms with Gasteiger partial charge >= 0.3 is 5.97 Å². The number of nitro benzene ring substituents is 1. The number of nitrogens with zero attached hydrogens (tertiary/aromatic N) is 2. The van der Waals surface area contributed by atoms with Gasteiger partial charge in [0.1, 0.15) is 12.4 Å². The molecule has 0 aliphatic carbocycles. The number of ether oxygens (including phenoxy) is 2. The van der Waals surface area contributed by atoms with Crippen molar-refractivity contribution in [3.63, 3.8) is 0 Å². The van der Waals surface area contributed by atoms with Crippen LogP contribution in [0.25, 0.3) is 0 Å². The van der Waals surface area contributed by atoms with Crippen molar-refractivity contribution in [3.05, 3.63) is 115 Å². The predicted octanol–water partition coefficient (Wildman–Crippen LogP) is 10.6. The molecule has 4 rings (SSSR count). The molecule has 0 radical (unpaired) electrons. The van der Waals surface area contributed by atoms with Gasteiger partial charge in [0.15, 0.2) is 42.4 Å². The summed E-state index contributed by atoms with van der Waals surface area (Å²) in [5.74, 6) is -13.2. The molecule has 324 valence electrons. The zero-order valence-corrected chi connectivity index (χ0v) is 38.0. The number of nitro groups is 1. The summed E-state index contributed by atoms with van der Waals surface area (Å²) in [5.41, 5.74) is -2.95. The first-order chi connectivity index (χ1) is 27.7. The molecule has 1 aliphatic heterocycles. The summed E-state index contributed by atoms with van der Waals surface area (Å²) in [5, 5.41) is 9.32. The lowest BCUT2D eigenvalue weighted by Crippen LogP contribution is -2.64. The molecule has 19 heteroatoms. The predicted molar refractivity (Wildman–Crippen MR) is 226 cm³/mol. The van der Waals surface area contributed by atoms with Crippen molar-refractivity contribution in [2.75, 3.05) is 5.75 Å². The number of rotatable bonds is 15. The third-order valence-electron chi connectivity index (χ3n) is 9.90. The molecule has 1 amide bonds. The summed E-state index contributed by atoms with van der Waals surface area (Å²) >= 11 is 7.01. The van der Waals surface area contributed by atoms with Crippen molar-refractivity contribution < 1.29 is 55.2 Å². The van der Waals surface area contributed by atoms with Gasteiger partial charge in [-0.1, -0.05) is 72.8 Å². The maximum Gasteiger partial charge on any atom is 0.359 e. The Morgan fingerprint density at radius 1 is 0.950 bits per heavy atom. The third-order valence-corrected chi connectivity index (χ3v) is 17.4. The van der Waals surface area contributed by atoms with Crippen LogP contribution in [0.3, 0.4) is 0 Å². The molecule has 0 N–H and O–H groups in total. The number of carbonyl (C=O) groups is 3. The van der Waals surface area contributed by atoms with Crippen molar-refractivity contribution in [1.82, 2.24) is 4.90 Å². The highest BCUT2D eigenvalue weighted by atomic mass is 32.2. The van der Waals surface area contributed by atoms with Gasteiger partial charge in [0.2, 0.25) is 16.8 Å². The highest BCUT2D eigenvalue weighted by molar-refractivity contribution is 8.16. The van der Waals surface area contributed by atoms with Gasteiger partial charge in [-0.05, 0) is 78.0 Å². The van der Waals surface area contributed by atoms with E-state index >= 15 is 0 Å². The Labute approximate surface area is 359 Å². The summed E-state index contributed by atoms with van der Waals surface area (Å²) in [6.07, 6.45) is -0.607. The number of thiocarbonyl (C=S) groups is 1. The van der Waals surface area contributed by atoms with Crippen molar-refractivity contribution in [2.45, 2.75) is 91.6 Å². The fourth-order valence-corrected chi connectivity index (χ4v) is 9.41. The summed E-state index contributed by atoms with van der Waals surface area (Å²) in [6, 6.07) is 10.1. The van der Waals surface area contributed by atoms with Gasteiger partial charge in [0.05, 0.1) is 32.7 Å². The van der Waals surface area contributed by atoms with Crippen LogP contribution in [0.5, 0.6) is 5.75 Å². The number of hydrogen-bond acceptors (Lipinski definition) is 11. The molecule has 3 aromatic rings. The Kier molecular flexibility index (Phi) is 15.2. The van der Waals surface area contributed by atoms with Crippen molar-refractivity contribution in [2.24, 2.45) is 11.3 Å². The number of non-ortho nitro benzene ring substituents is 1. The molecule has 10 nitrogen and oxygen atoms in total. The normalized spacial score (nSPS) is 16.8. The van der Waals surface area contributed by atoms with Gasteiger partial charge in [0.25, 0.3) is 5.69 Å². The molecule has 1 heterocycles. The molecule has 3 aromatic carbocycles. The van der Waals surface area contributed by atoms with Crippen LogP contribution in [-0.2, 0) is 30.2 Å². The fourth-order valence-electron chi connectivity index (χ4n) is 5.54. The number of likely N-dealkylation sites (tertiary alicyclic amines) is 1. The number of thioether (sulfide) groups is 2. The lowest BCUT2D eigenvalue weighted by Gasteiger charge is -2.51. The van der Waals surface area contributed by atoms with E-state index in [0.29, 0.717) is 23.1 Å². The first kappa shape index (κ1) is 48.5. The molecule has 1 aliphatic rings. The van der Waals surface area contributed by atoms with Gasteiger partial charge in [-0.25, -0.2) is 26.7 Å². The van der Waals surface area contributed by atoms with E-state index in [4.69, 9.17) is 26.1 Å². The second-order valence-corrected chi connectivity index (χ2v) is 23.8. The minimum absolute atomic E-state index is 0.202. The second kappa shape index (κ2) is 18.8. The molecule has 1 saturated heterocycles. The van der Waals surface area contributed by atoms with E-state index in [9.17, 15) is 46.5 Å². The van der Waals surface area contributed by atoms with E-state index in [-0.39, 0.29) is 22.0 Å². The summed E-state index contributed by atoms with van der Waals surface area (Å²) in [7, 11) is -2.42. The van der Waals surface area contributed by atoms with Crippen molar-refractivity contribution in [3.8, 4) is 5.75 Å². The Bertz CT molecular complexity index is 2200. The molecule has 3 atom stereocenters. The van der Waals surface area contributed by atoms with E-state index in [1.807, 2.05) is 20.0 Å². The Morgan fingerprint density at radius 3 is 2.03 bits per heavy atom. The number of amides is 1. The Balaban J connectivity index is 1.89. The van der Waals surface area contributed by atoms with E-state index in [1.165, 1.54) is 59.1 Å². The van der Waals surface area contributed by atoms with Crippen LogP contribution >= 0.6 is 35.7 Å². The topological polar surface area (TPSA) is 125 Å². The number of esters is 1. The van der Waals surface area contributed by atoms with Crippen molar-refractivity contribution >= 4 is 71.6 Å².